The van der Waals surface area contributed by atoms with Crippen LogP contribution < -0.4 is 10.6 Å². The van der Waals surface area contributed by atoms with E-state index in [-0.39, 0.29) is 23.9 Å². The molecule has 1 saturated carbocycles. The lowest BCUT2D eigenvalue weighted by Crippen LogP contribution is -2.39. The van der Waals surface area contributed by atoms with E-state index < -0.39 is 11.9 Å². The van der Waals surface area contributed by atoms with E-state index in [4.69, 9.17) is 5.11 Å². The maximum absolute atomic E-state index is 12.7. The van der Waals surface area contributed by atoms with Crippen LogP contribution in [0.4, 0.5) is 24.9 Å². The highest BCUT2D eigenvalue weighted by Gasteiger charge is 2.34. The molecule has 5 nitrogen and oxygen atoms in total. The zero-order valence-corrected chi connectivity index (χ0v) is 10.3. The van der Waals surface area contributed by atoms with Gasteiger partial charge in [0.15, 0.2) is 5.69 Å². The second kappa shape index (κ2) is 5.20. The number of nitrogens with zero attached hydrogens (tertiary/aromatic N) is 2. The van der Waals surface area contributed by atoms with E-state index in [0.29, 0.717) is 19.4 Å². The highest BCUT2D eigenvalue weighted by atomic mass is 19.4. The Kier molecular flexibility index (Phi) is 3.79. The number of hydrogen-bond acceptors (Lipinski definition) is 5. The van der Waals surface area contributed by atoms with Gasteiger partial charge < -0.3 is 15.7 Å². The van der Waals surface area contributed by atoms with Crippen molar-refractivity contribution in [2.24, 2.45) is 0 Å². The first-order valence-electron chi connectivity index (χ1n) is 6.03. The van der Waals surface area contributed by atoms with Crippen molar-refractivity contribution in [1.29, 1.82) is 0 Å². The molecule has 2 rings (SSSR count). The molecule has 1 aromatic rings. The molecular weight excluding hydrogens is 261 g/mol. The van der Waals surface area contributed by atoms with E-state index >= 15 is 0 Å². The van der Waals surface area contributed by atoms with Crippen LogP contribution in [-0.2, 0) is 6.18 Å². The summed E-state index contributed by atoms with van der Waals surface area (Å²) in [5.41, 5.74) is -0.985. The van der Waals surface area contributed by atoms with Crippen molar-refractivity contribution in [3.63, 3.8) is 0 Å². The largest absolute Gasteiger partial charge is 0.433 e. The Morgan fingerprint density at radius 1 is 1.37 bits per heavy atom. The molecule has 0 aliphatic heterocycles. The Morgan fingerprint density at radius 3 is 2.58 bits per heavy atom. The molecule has 0 unspecified atom stereocenters. The van der Waals surface area contributed by atoms with Crippen molar-refractivity contribution in [1.82, 2.24) is 9.97 Å². The Balaban J connectivity index is 2.19. The molecule has 0 atom stereocenters. The number of rotatable bonds is 4. The Labute approximate surface area is 108 Å². The fourth-order valence-corrected chi connectivity index (χ4v) is 1.82. The third-order valence-corrected chi connectivity index (χ3v) is 2.82. The van der Waals surface area contributed by atoms with Crippen molar-refractivity contribution < 1.29 is 18.3 Å². The van der Waals surface area contributed by atoms with E-state index in [0.717, 1.165) is 6.07 Å². The fraction of sp³-hybridized carbons (Fsp3) is 0.636. The van der Waals surface area contributed by atoms with E-state index in [1.807, 2.05) is 0 Å². The molecule has 0 bridgehead atoms. The van der Waals surface area contributed by atoms with Gasteiger partial charge in [-0.25, -0.2) is 4.98 Å². The van der Waals surface area contributed by atoms with Crippen molar-refractivity contribution in [2.75, 3.05) is 17.2 Å². The maximum atomic E-state index is 12.7. The molecule has 1 aliphatic rings. The predicted molar refractivity (Wildman–Crippen MR) is 63.8 cm³/mol. The summed E-state index contributed by atoms with van der Waals surface area (Å²) >= 11 is 0. The predicted octanol–water partition coefficient (Wildman–Crippen LogP) is 1.86. The summed E-state index contributed by atoms with van der Waals surface area (Å²) in [7, 11) is 0. The first kappa shape index (κ1) is 13.9. The summed E-state index contributed by atoms with van der Waals surface area (Å²) in [4.78, 5) is 7.39. The lowest BCUT2D eigenvalue weighted by Gasteiger charge is -2.32. The Hall–Kier alpha value is -1.57. The smallest absolute Gasteiger partial charge is 0.393 e. The highest BCUT2D eigenvalue weighted by molar-refractivity contribution is 5.44. The number of aromatic nitrogens is 2. The summed E-state index contributed by atoms with van der Waals surface area (Å²) < 4.78 is 38.1. The van der Waals surface area contributed by atoms with Crippen molar-refractivity contribution in [2.45, 2.75) is 38.1 Å². The van der Waals surface area contributed by atoms with Gasteiger partial charge in [0.1, 0.15) is 5.82 Å². The van der Waals surface area contributed by atoms with Crippen LogP contribution in [-0.4, -0.2) is 33.8 Å². The van der Waals surface area contributed by atoms with Gasteiger partial charge in [0, 0.05) is 18.7 Å². The molecule has 0 spiro atoms. The monoisotopic (exact) mass is 276 g/mol. The lowest BCUT2D eigenvalue weighted by molar-refractivity contribution is -0.141. The van der Waals surface area contributed by atoms with Crippen LogP contribution in [0.1, 0.15) is 25.5 Å². The number of aliphatic hydroxyl groups excluding tert-OH is 1. The number of anilines is 2. The molecule has 1 aliphatic carbocycles. The topological polar surface area (TPSA) is 70.1 Å². The molecule has 1 heterocycles. The summed E-state index contributed by atoms with van der Waals surface area (Å²) in [6, 6.07) is 0.839. The van der Waals surface area contributed by atoms with Crippen molar-refractivity contribution >= 4 is 11.8 Å². The molecule has 19 heavy (non-hydrogen) atoms. The van der Waals surface area contributed by atoms with Gasteiger partial charge in [0.25, 0.3) is 0 Å². The van der Waals surface area contributed by atoms with Crippen LogP contribution in [0.25, 0.3) is 0 Å². The molecule has 8 heteroatoms. The fourth-order valence-electron chi connectivity index (χ4n) is 1.82. The van der Waals surface area contributed by atoms with Crippen LogP contribution in [0, 0.1) is 0 Å². The second-order valence-electron chi connectivity index (χ2n) is 4.46. The quantitative estimate of drug-likeness (QED) is 0.783. The second-order valence-corrected chi connectivity index (χ2v) is 4.46. The van der Waals surface area contributed by atoms with E-state index in [1.165, 1.54) is 0 Å². The first-order chi connectivity index (χ1) is 8.88. The average Bonchev–Trinajstić information content (AvgIpc) is 2.26. The van der Waals surface area contributed by atoms with E-state index in [1.54, 1.807) is 6.92 Å². The van der Waals surface area contributed by atoms with Crippen LogP contribution in [0.3, 0.4) is 0 Å². The molecular formula is C11H15F3N4O. The lowest BCUT2D eigenvalue weighted by atomic mass is 9.89. The van der Waals surface area contributed by atoms with Crippen LogP contribution >= 0.6 is 0 Å². The summed E-state index contributed by atoms with van der Waals surface area (Å²) in [5.74, 6) is 0.0647. The summed E-state index contributed by atoms with van der Waals surface area (Å²) in [6.07, 6.45) is -3.86. The van der Waals surface area contributed by atoms with Gasteiger partial charge in [-0.3, -0.25) is 0 Å². The number of alkyl halides is 3. The Morgan fingerprint density at radius 2 is 2.05 bits per heavy atom. The van der Waals surface area contributed by atoms with Gasteiger partial charge >= 0.3 is 6.18 Å². The molecule has 3 N–H and O–H groups in total. The minimum atomic E-state index is -4.51. The van der Waals surface area contributed by atoms with Crippen LogP contribution in [0.5, 0.6) is 0 Å². The maximum Gasteiger partial charge on any atom is 0.433 e. The zero-order chi connectivity index (χ0) is 14.0. The first-order valence-corrected chi connectivity index (χ1v) is 6.03. The third-order valence-electron chi connectivity index (χ3n) is 2.82. The Bertz CT molecular complexity index is 446. The molecule has 0 radical (unpaired) electrons. The molecule has 106 valence electrons. The van der Waals surface area contributed by atoms with Crippen molar-refractivity contribution in [3.8, 4) is 0 Å². The normalized spacial score (nSPS) is 22.8. The highest BCUT2D eigenvalue weighted by Crippen LogP contribution is 2.31. The van der Waals surface area contributed by atoms with Gasteiger partial charge in [-0.15, -0.1) is 0 Å². The minimum absolute atomic E-state index is 0.0412. The van der Waals surface area contributed by atoms with Crippen molar-refractivity contribution in [3.05, 3.63) is 11.8 Å². The zero-order valence-electron chi connectivity index (χ0n) is 10.3. The van der Waals surface area contributed by atoms with E-state index in [2.05, 4.69) is 20.6 Å². The SMILES string of the molecule is CCNc1nc(NC2CC(O)C2)cc(C(F)(F)F)n1. The molecule has 1 aromatic heterocycles. The third kappa shape index (κ3) is 3.46. The molecule has 0 saturated heterocycles. The molecule has 0 aromatic carbocycles. The van der Waals surface area contributed by atoms with Gasteiger partial charge in [-0.05, 0) is 19.8 Å². The molecule has 0 amide bonds. The minimum Gasteiger partial charge on any atom is -0.393 e. The van der Waals surface area contributed by atoms with Crippen LogP contribution in [0.2, 0.25) is 0 Å². The molecule has 1 fully saturated rings. The van der Waals surface area contributed by atoms with Crippen LogP contribution in [0.15, 0.2) is 6.07 Å². The van der Waals surface area contributed by atoms with Gasteiger partial charge in [-0.1, -0.05) is 0 Å². The average molecular weight is 276 g/mol. The standard InChI is InChI=1S/C11H15F3N4O/c1-2-15-10-17-8(11(12,13)14)5-9(18-10)16-6-3-7(19)4-6/h5-7,19H,2-4H2,1H3,(H2,15,16,17,18). The number of halogens is 3. The summed E-state index contributed by atoms with van der Waals surface area (Å²) in [5, 5.41) is 14.7. The number of hydrogen-bond donors (Lipinski definition) is 3. The number of nitrogens with one attached hydrogen (secondary N) is 2. The summed E-state index contributed by atoms with van der Waals surface area (Å²) in [6.45, 7) is 2.18. The van der Waals surface area contributed by atoms with Gasteiger partial charge in [0.05, 0.1) is 6.10 Å². The van der Waals surface area contributed by atoms with Gasteiger partial charge in [-0.2, -0.15) is 18.2 Å². The number of aliphatic hydroxyl groups is 1. The van der Waals surface area contributed by atoms with E-state index in [9.17, 15) is 13.2 Å². The van der Waals surface area contributed by atoms with Gasteiger partial charge in [0.2, 0.25) is 5.95 Å².